The Morgan fingerprint density at radius 3 is 3.22 bits per heavy atom. The molecule has 1 N–H and O–H groups in total. The minimum Gasteiger partial charge on any atom is -0.363 e. The van der Waals surface area contributed by atoms with E-state index in [0.29, 0.717) is 11.2 Å². The Morgan fingerprint density at radius 1 is 1.44 bits per heavy atom. The highest BCUT2D eigenvalue weighted by Gasteiger charge is 2.22. The van der Waals surface area contributed by atoms with Crippen molar-refractivity contribution in [2.45, 2.75) is 32.2 Å². The first-order chi connectivity index (χ1) is 8.75. The number of hydrogen-bond acceptors (Lipinski definition) is 4. The minimum atomic E-state index is 0.352. The molecule has 1 unspecified atom stereocenters. The Bertz CT molecular complexity index is 567. The number of rotatable bonds is 2. The molecule has 0 fully saturated rings. The maximum atomic E-state index is 6.02. The number of fused-ring (bicyclic) bond motifs is 1. The molecule has 0 radical (unpaired) electrons. The Hall–Kier alpha value is -1.13. The third-order valence-electron chi connectivity index (χ3n) is 3.39. The molecule has 0 bridgehead atoms. The van der Waals surface area contributed by atoms with Crippen LogP contribution in [0.15, 0.2) is 17.8 Å². The predicted molar refractivity (Wildman–Crippen MR) is 75.4 cm³/mol. The number of aryl methyl sites for hydroxylation is 1. The molecule has 1 atom stereocenters. The van der Waals surface area contributed by atoms with Crippen molar-refractivity contribution in [1.82, 2.24) is 9.97 Å². The lowest BCUT2D eigenvalue weighted by Crippen LogP contribution is -2.17. The molecule has 0 aromatic carbocycles. The average molecular weight is 280 g/mol. The first-order valence-electron chi connectivity index (χ1n) is 6.05. The molecule has 1 aliphatic rings. The zero-order chi connectivity index (χ0) is 12.5. The summed E-state index contributed by atoms with van der Waals surface area (Å²) in [5.74, 6) is 0.846. The maximum absolute atomic E-state index is 6.02. The number of anilines is 1. The topological polar surface area (TPSA) is 37.8 Å². The van der Waals surface area contributed by atoms with Crippen molar-refractivity contribution in [1.29, 1.82) is 0 Å². The number of thiophene rings is 1. The molecular formula is C13H14ClN3S. The van der Waals surface area contributed by atoms with Crippen LogP contribution in [0.3, 0.4) is 0 Å². The number of hydrogen-bond donors (Lipinski definition) is 1. The van der Waals surface area contributed by atoms with E-state index in [0.717, 1.165) is 17.8 Å². The Kier molecular flexibility index (Phi) is 3.22. The summed E-state index contributed by atoms with van der Waals surface area (Å²) in [6, 6.07) is 2.57. The van der Waals surface area contributed by atoms with Gasteiger partial charge in [-0.25, -0.2) is 9.97 Å². The summed E-state index contributed by atoms with van der Waals surface area (Å²) in [5.41, 5.74) is 2.34. The lowest BCUT2D eigenvalue weighted by Gasteiger charge is -2.24. The SMILES string of the molecule is Cc1c(Cl)ncnc1NC1CCCc2sccc21. The minimum absolute atomic E-state index is 0.352. The second kappa shape index (κ2) is 4.86. The van der Waals surface area contributed by atoms with E-state index in [1.807, 2.05) is 18.3 Å². The molecular weight excluding hydrogens is 266 g/mol. The monoisotopic (exact) mass is 279 g/mol. The zero-order valence-corrected chi connectivity index (χ0v) is 11.7. The zero-order valence-electron chi connectivity index (χ0n) is 10.1. The van der Waals surface area contributed by atoms with E-state index in [1.165, 1.54) is 29.6 Å². The number of nitrogens with one attached hydrogen (secondary N) is 1. The Balaban J connectivity index is 1.88. The summed E-state index contributed by atoms with van der Waals surface area (Å²) in [7, 11) is 0. The fraction of sp³-hybridized carbons (Fsp3) is 0.385. The molecule has 2 aromatic rings. The first-order valence-corrected chi connectivity index (χ1v) is 7.31. The van der Waals surface area contributed by atoms with Gasteiger partial charge in [-0.2, -0.15) is 0 Å². The van der Waals surface area contributed by atoms with Crippen LogP contribution in [0.2, 0.25) is 5.15 Å². The van der Waals surface area contributed by atoms with E-state index in [9.17, 15) is 0 Å². The third kappa shape index (κ3) is 2.10. The quantitative estimate of drug-likeness (QED) is 0.845. The van der Waals surface area contributed by atoms with E-state index in [2.05, 4.69) is 26.7 Å². The summed E-state index contributed by atoms with van der Waals surface area (Å²) in [5, 5.41) is 6.20. The van der Waals surface area contributed by atoms with E-state index >= 15 is 0 Å². The van der Waals surface area contributed by atoms with Crippen LogP contribution in [0.25, 0.3) is 0 Å². The fourth-order valence-electron chi connectivity index (χ4n) is 2.38. The van der Waals surface area contributed by atoms with Crippen molar-refractivity contribution >= 4 is 28.8 Å². The third-order valence-corrected chi connectivity index (χ3v) is 4.76. The van der Waals surface area contributed by atoms with Gasteiger partial charge < -0.3 is 5.32 Å². The van der Waals surface area contributed by atoms with Gasteiger partial charge in [0.1, 0.15) is 17.3 Å². The van der Waals surface area contributed by atoms with Crippen LogP contribution in [0.4, 0.5) is 5.82 Å². The van der Waals surface area contributed by atoms with Gasteiger partial charge in [0.25, 0.3) is 0 Å². The van der Waals surface area contributed by atoms with Crippen molar-refractivity contribution < 1.29 is 0 Å². The van der Waals surface area contributed by atoms with Gasteiger partial charge in [-0.1, -0.05) is 11.6 Å². The molecule has 0 saturated heterocycles. The van der Waals surface area contributed by atoms with Crippen LogP contribution in [0, 0.1) is 6.92 Å². The normalized spacial score (nSPS) is 18.4. The van der Waals surface area contributed by atoms with Gasteiger partial charge in [-0.05, 0) is 43.2 Å². The van der Waals surface area contributed by atoms with Crippen molar-refractivity contribution in [2.75, 3.05) is 5.32 Å². The number of nitrogens with zero attached hydrogens (tertiary/aromatic N) is 2. The highest BCUT2D eigenvalue weighted by Crippen LogP contribution is 2.35. The van der Waals surface area contributed by atoms with E-state index in [-0.39, 0.29) is 0 Å². The van der Waals surface area contributed by atoms with Gasteiger partial charge in [0.05, 0.1) is 6.04 Å². The molecule has 2 heterocycles. The van der Waals surface area contributed by atoms with Crippen molar-refractivity contribution in [3.63, 3.8) is 0 Å². The maximum Gasteiger partial charge on any atom is 0.137 e. The van der Waals surface area contributed by atoms with Gasteiger partial charge in [0.15, 0.2) is 0 Å². The van der Waals surface area contributed by atoms with Gasteiger partial charge >= 0.3 is 0 Å². The fourth-order valence-corrected chi connectivity index (χ4v) is 3.50. The molecule has 2 aromatic heterocycles. The molecule has 0 amide bonds. The molecule has 94 valence electrons. The van der Waals surface area contributed by atoms with Crippen LogP contribution >= 0.6 is 22.9 Å². The van der Waals surface area contributed by atoms with Crippen LogP contribution in [-0.4, -0.2) is 9.97 Å². The molecule has 3 rings (SSSR count). The summed E-state index contributed by atoms with van der Waals surface area (Å²) in [6.45, 7) is 1.95. The summed E-state index contributed by atoms with van der Waals surface area (Å²) in [4.78, 5) is 9.77. The molecule has 18 heavy (non-hydrogen) atoms. The smallest absolute Gasteiger partial charge is 0.137 e. The van der Waals surface area contributed by atoms with E-state index < -0.39 is 0 Å². The standard InChI is InChI=1S/C13H14ClN3S/c1-8-12(14)15-7-16-13(8)17-10-3-2-4-11-9(10)5-6-18-11/h5-7,10H,2-4H2,1H3,(H,15,16,17). The van der Waals surface area contributed by atoms with Crippen LogP contribution in [0.1, 0.15) is 34.9 Å². The number of halogens is 1. The summed E-state index contributed by atoms with van der Waals surface area (Å²) >= 11 is 7.87. The van der Waals surface area contributed by atoms with Gasteiger partial charge in [-0.15, -0.1) is 11.3 Å². The molecule has 1 aliphatic carbocycles. The van der Waals surface area contributed by atoms with Crippen molar-refractivity contribution in [3.05, 3.63) is 38.9 Å². The summed E-state index contributed by atoms with van der Waals surface area (Å²) in [6.07, 6.45) is 5.08. The average Bonchev–Trinajstić information content (AvgIpc) is 2.84. The van der Waals surface area contributed by atoms with Crippen molar-refractivity contribution in [3.8, 4) is 0 Å². The summed E-state index contributed by atoms with van der Waals surface area (Å²) < 4.78 is 0. The van der Waals surface area contributed by atoms with Crippen LogP contribution in [0.5, 0.6) is 0 Å². The molecule has 0 saturated carbocycles. The largest absolute Gasteiger partial charge is 0.363 e. The molecule has 0 aliphatic heterocycles. The molecule has 3 nitrogen and oxygen atoms in total. The Morgan fingerprint density at radius 2 is 2.33 bits per heavy atom. The molecule has 0 spiro atoms. The van der Waals surface area contributed by atoms with Gasteiger partial charge in [0.2, 0.25) is 0 Å². The van der Waals surface area contributed by atoms with E-state index in [1.54, 1.807) is 0 Å². The first kappa shape index (κ1) is 11.9. The van der Waals surface area contributed by atoms with Gasteiger partial charge in [-0.3, -0.25) is 0 Å². The highest BCUT2D eigenvalue weighted by molar-refractivity contribution is 7.10. The van der Waals surface area contributed by atoms with Crippen LogP contribution in [-0.2, 0) is 6.42 Å². The number of aromatic nitrogens is 2. The van der Waals surface area contributed by atoms with E-state index in [4.69, 9.17) is 11.6 Å². The van der Waals surface area contributed by atoms with Crippen LogP contribution < -0.4 is 5.32 Å². The lowest BCUT2D eigenvalue weighted by molar-refractivity contribution is 0.606. The highest BCUT2D eigenvalue weighted by atomic mass is 35.5. The van der Waals surface area contributed by atoms with Crippen molar-refractivity contribution in [2.24, 2.45) is 0 Å². The lowest BCUT2D eigenvalue weighted by atomic mass is 9.94. The second-order valence-corrected chi connectivity index (χ2v) is 5.89. The predicted octanol–water partition coefficient (Wildman–Crippen LogP) is 3.99. The van der Waals surface area contributed by atoms with Gasteiger partial charge in [0, 0.05) is 10.4 Å². The molecule has 5 heteroatoms. The Labute approximate surface area is 115 Å². The second-order valence-electron chi connectivity index (χ2n) is 4.53.